The SMILES string of the molecule is COc1cc(OC(F)(F)F)ccc1Oc1cc(Cl)cc(F)c1C(=O)Nc1ccnc(C(=O)I)c1. The molecule has 13 heteroatoms. The lowest BCUT2D eigenvalue weighted by Crippen LogP contribution is -2.17. The predicted molar refractivity (Wildman–Crippen MR) is 122 cm³/mol. The minimum absolute atomic E-state index is 0.0670. The van der Waals surface area contributed by atoms with Crippen molar-refractivity contribution in [2.24, 2.45) is 0 Å². The molecule has 7 nitrogen and oxygen atoms in total. The van der Waals surface area contributed by atoms with Gasteiger partial charge in [-0.2, -0.15) is 0 Å². The number of carbonyl (C=O) groups is 2. The summed E-state index contributed by atoms with van der Waals surface area (Å²) in [5.41, 5.74) is -0.329. The Kier molecular flexibility index (Phi) is 7.82. The number of hydrogen-bond donors (Lipinski definition) is 1. The number of alkyl halides is 3. The van der Waals surface area contributed by atoms with Gasteiger partial charge in [0.05, 0.1) is 7.11 Å². The van der Waals surface area contributed by atoms with E-state index in [0.29, 0.717) is 0 Å². The van der Waals surface area contributed by atoms with Gasteiger partial charge >= 0.3 is 6.36 Å². The first kappa shape index (κ1) is 25.5. The molecule has 2 aromatic carbocycles. The van der Waals surface area contributed by atoms with Gasteiger partial charge in [-0.05, 0) is 30.3 Å². The molecule has 1 amide bonds. The maximum absolute atomic E-state index is 14.7. The fourth-order valence-electron chi connectivity index (χ4n) is 2.71. The molecule has 0 aliphatic carbocycles. The normalized spacial score (nSPS) is 11.0. The molecule has 3 aromatic rings. The summed E-state index contributed by atoms with van der Waals surface area (Å²) in [6, 6.07) is 7.65. The number of aromatic nitrogens is 1. The summed E-state index contributed by atoms with van der Waals surface area (Å²) < 4.78 is 66.3. The molecule has 0 unspecified atom stereocenters. The van der Waals surface area contributed by atoms with Crippen molar-refractivity contribution in [1.29, 1.82) is 0 Å². The number of amides is 1. The van der Waals surface area contributed by atoms with Crippen LogP contribution in [0.4, 0.5) is 23.2 Å². The average Bonchev–Trinajstić information content (AvgIpc) is 2.73. The summed E-state index contributed by atoms with van der Waals surface area (Å²) >= 11 is 7.43. The molecule has 0 atom stereocenters. The van der Waals surface area contributed by atoms with Crippen LogP contribution in [-0.2, 0) is 0 Å². The number of nitrogens with one attached hydrogen (secondary N) is 1. The van der Waals surface area contributed by atoms with Crippen LogP contribution in [0.3, 0.4) is 0 Å². The Bertz CT molecular complexity index is 1260. The number of nitrogens with zero attached hydrogens (tertiary/aromatic N) is 1. The summed E-state index contributed by atoms with van der Waals surface area (Å²) in [6.07, 6.45) is -3.64. The van der Waals surface area contributed by atoms with Crippen molar-refractivity contribution in [1.82, 2.24) is 4.98 Å². The lowest BCUT2D eigenvalue weighted by Gasteiger charge is -2.16. The van der Waals surface area contributed by atoms with Gasteiger partial charge in [-0.25, -0.2) is 4.39 Å². The topological polar surface area (TPSA) is 86.8 Å². The van der Waals surface area contributed by atoms with E-state index in [9.17, 15) is 27.2 Å². The Balaban J connectivity index is 1.95. The molecular weight excluding hydrogens is 599 g/mol. The van der Waals surface area contributed by atoms with E-state index in [2.05, 4.69) is 15.0 Å². The van der Waals surface area contributed by atoms with Crippen molar-refractivity contribution >= 4 is 49.6 Å². The monoisotopic (exact) mass is 610 g/mol. The molecule has 178 valence electrons. The Morgan fingerprint density at radius 3 is 2.44 bits per heavy atom. The summed E-state index contributed by atoms with van der Waals surface area (Å²) in [5.74, 6) is -3.23. The van der Waals surface area contributed by atoms with Crippen LogP contribution < -0.4 is 19.5 Å². The van der Waals surface area contributed by atoms with Gasteiger partial charge in [-0.15, -0.1) is 13.2 Å². The molecule has 1 N–H and O–H groups in total. The maximum atomic E-state index is 14.7. The summed E-state index contributed by atoms with van der Waals surface area (Å²) in [7, 11) is 1.17. The van der Waals surface area contributed by atoms with Crippen LogP contribution in [0.25, 0.3) is 0 Å². The van der Waals surface area contributed by atoms with E-state index in [1.165, 1.54) is 48.0 Å². The second-order valence-corrected chi connectivity index (χ2v) is 7.80. The van der Waals surface area contributed by atoms with Crippen molar-refractivity contribution in [3.05, 3.63) is 70.8 Å². The summed E-state index contributed by atoms with van der Waals surface area (Å²) in [4.78, 5) is 28.2. The fraction of sp³-hybridized carbons (Fsp3) is 0.0952. The quantitative estimate of drug-likeness (QED) is 0.189. The van der Waals surface area contributed by atoms with E-state index >= 15 is 0 Å². The van der Waals surface area contributed by atoms with Crippen molar-refractivity contribution in [3.63, 3.8) is 0 Å². The van der Waals surface area contributed by atoms with E-state index in [1.807, 2.05) is 0 Å². The number of ether oxygens (including phenoxy) is 3. The third-order valence-corrected chi connectivity index (χ3v) is 4.82. The van der Waals surface area contributed by atoms with Crippen LogP contribution in [0.5, 0.6) is 23.0 Å². The first-order valence-corrected chi connectivity index (χ1v) is 10.5. The standard InChI is InChI=1S/C21H12ClF4IN2O5/c1-32-16-9-12(34-21(24,25)26)2-3-15(16)33-17-7-10(22)6-13(23)18(17)20(31)29-11-4-5-28-14(8-11)19(27)30/h2-9H,1H3,(H,28,29,31). The molecule has 1 heterocycles. The first-order chi connectivity index (χ1) is 16.0. The van der Waals surface area contributed by atoms with E-state index in [1.54, 1.807) is 0 Å². The maximum Gasteiger partial charge on any atom is 0.573 e. The summed E-state index contributed by atoms with van der Waals surface area (Å²) in [6.45, 7) is 0. The van der Waals surface area contributed by atoms with E-state index in [4.69, 9.17) is 21.1 Å². The number of benzene rings is 2. The molecule has 1 aromatic heterocycles. The van der Waals surface area contributed by atoms with E-state index < -0.39 is 29.4 Å². The Hall–Kier alpha value is -3.13. The molecule has 0 radical (unpaired) electrons. The average molecular weight is 611 g/mol. The zero-order chi connectivity index (χ0) is 25.0. The zero-order valence-corrected chi connectivity index (χ0v) is 19.8. The van der Waals surface area contributed by atoms with E-state index in [-0.39, 0.29) is 37.4 Å². The van der Waals surface area contributed by atoms with Gasteiger partial charge in [0.1, 0.15) is 28.6 Å². The summed E-state index contributed by atoms with van der Waals surface area (Å²) in [5, 5.41) is 2.32. The van der Waals surface area contributed by atoms with Crippen LogP contribution in [0, 0.1) is 5.82 Å². The Morgan fingerprint density at radius 1 is 1.06 bits per heavy atom. The number of halogens is 6. The highest BCUT2D eigenvalue weighted by atomic mass is 127. The van der Waals surface area contributed by atoms with Gasteiger partial charge < -0.3 is 19.5 Å². The molecule has 0 saturated heterocycles. The van der Waals surface area contributed by atoms with Crippen LogP contribution in [0.1, 0.15) is 20.8 Å². The Morgan fingerprint density at radius 2 is 1.79 bits per heavy atom. The van der Waals surface area contributed by atoms with Crippen LogP contribution in [0.2, 0.25) is 5.02 Å². The highest BCUT2D eigenvalue weighted by molar-refractivity contribution is 14.1. The third kappa shape index (κ3) is 6.47. The van der Waals surface area contributed by atoms with Gasteiger partial charge in [0.25, 0.3) is 5.91 Å². The van der Waals surface area contributed by atoms with Gasteiger partial charge in [-0.1, -0.05) is 11.6 Å². The number of pyridine rings is 1. The minimum atomic E-state index is -4.93. The second kappa shape index (κ2) is 10.4. The number of carbonyl (C=O) groups excluding carboxylic acids is 2. The van der Waals surface area contributed by atoms with E-state index in [0.717, 1.165) is 30.3 Å². The smallest absolute Gasteiger partial charge is 0.493 e. The third-order valence-electron chi connectivity index (χ3n) is 4.05. The zero-order valence-electron chi connectivity index (χ0n) is 16.9. The molecule has 0 bridgehead atoms. The van der Waals surface area contributed by atoms with Crippen molar-refractivity contribution < 1.29 is 41.4 Å². The predicted octanol–water partition coefficient (Wildman–Crippen LogP) is 6.40. The molecule has 0 saturated carbocycles. The van der Waals surface area contributed by atoms with Gasteiger partial charge in [0, 0.05) is 51.6 Å². The number of hydrogen-bond acceptors (Lipinski definition) is 6. The van der Waals surface area contributed by atoms with Gasteiger partial charge in [-0.3, -0.25) is 14.6 Å². The van der Waals surface area contributed by atoms with Crippen molar-refractivity contribution in [2.45, 2.75) is 6.36 Å². The fourth-order valence-corrected chi connectivity index (χ4v) is 3.20. The largest absolute Gasteiger partial charge is 0.573 e. The molecule has 0 fully saturated rings. The van der Waals surface area contributed by atoms with Crippen molar-refractivity contribution in [2.75, 3.05) is 12.4 Å². The Labute approximate surface area is 208 Å². The lowest BCUT2D eigenvalue weighted by atomic mass is 10.1. The highest BCUT2D eigenvalue weighted by Gasteiger charge is 2.31. The van der Waals surface area contributed by atoms with Gasteiger partial charge in [0.15, 0.2) is 11.5 Å². The molecule has 34 heavy (non-hydrogen) atoms. The molecule has 3 rings (SSSR count). The van der Waals surface area contributed by atoms with Crippen LogP contribution >= 0.6 is 34.2 Å². The number of rotatable bonds is 7. The van der Waals surface area contributed by atoms with Crippen LogP contribution in [-0.4, -0.2) is 28.2 Å². The lowest BCUT2D eigenvalue weighted by molar-refractivity contribution is -0.274. The molecular formula is C21H12ClF4IN2O5. The first-order valence-electron chi connectivity index (χ1n) is 9.04. The number of anilines is 1. The molecule has 0 spiro atoms. The van der Waals surface area contributed by atoms with Gasteiger partial charge in [0.2, 0.25) is 3.79 Å². The van der Waals surface area contributed by atoms with Crippen LogP contribution in [0.15, 0.2) is 48.7 Å². The second-order valence-electron chi connectivity index (χ2n) is 6.38. The molecule has 0 aliphatic heterocycles. The molecule has 0 aliphatic rings. The minimum Gasteiger partial charge on any atom is -0.493 e. The van der Waals surface area contributed by atoms with Crippen molar-refractivity contribution in [3.8, 4) is 23.0 Å². The number of methoxy groups -OCH3 is 1. The highest BCUT2D eigenvalue weighted by Crippen LogP contribution is 2.39.